The van der Waals surface area contributed by atoms with Gasteiger partial charge in [0.1, 0.15) is 5.75 Å². The summed E-state index contributed by atoms with van der Waals surface area (Å²) in [6, 6.07) is 8.03. The molecule has 2 N–H and O–H groups in total. The molecule has 25 heavy (non-hydrogen) atoms. The summed E-state index contributed by atoms with van der Waals surface area (Å²) in [5.41, 5.74) is 1.14. The lowest BCUT2D eigenvalue weighted by Crippen LogP contribution is -2.44. The Bertz CT molecular complexity index is 530. The monoisotopic (exact) mass is 348 g/mol. The molecule has 2 rings (SSSR count). The number of nitrogens with zero attached hydrogens (tertiary/aromatic N) is 2. The van der Waals surface area contributed by atoms with E-state index >= 15 is 0 Å². The van der Waals surface area contributed by atoms with Crippen LogP contribution in [0.2, 0.25) is 0 Å². The van der Waals surface area contributed by atoms with Crippen LogP contribution in [0, 0.1) is 5.92 Å². The molecule has 0 bridgehead atoms. The van der Waals surface area contributed by atoms with Gasteiger partial charge in [0.25, 0.3) is 0 Å². The average Bonchev–Trinajstić information content (AvgIpc) is 2.65. The minimum Gasteiger partial charge on any atom is -0.497 e. The minimum atomic E-state index is 0.554. The second-order valence-electron chi connectivity index (χ2n) is 6.45. The molecule has 1 atom stereocenters. The number of guanidine groups is 1. The van der Waals surface area contributed by atoms with Gasteiger partial charge in [0, 0.05) is 32.7 Å². The first-order valence-corrected chi connectivity index (χ1v) is 9.16. The first-order valence-electron chi connectivity index (χ1n) is 9.16. The van der Waals surface area contributed by atoms with E-state index in [1.54, 1.807) is 7.11 Å². The molecule has 1 unspecified atom stereocenters. The van der Waals surface area contributed by atoms with Crippen molar-refractivity contribution in [3.05, 3.63) is 29.8 Å². The number of hydrogen-bond acceptors (Lipinski definition) is 4. The van der Waals surface area contributed by atoms with Crippen molar-refractivity contribution in [1.29, 1.82) is 0 Å². The highest BCUT2D eigenvalue weighted by Gasteiger charge is 2.13. The van der Waals surface area contributed by atoms with Crippen molar-refractivity contribution in [3.63, 3.8) is 0 Å². The number of rotatable bonds is 8. The smallest absolute Gasteiger partial charge is 0.191 e. The van der Waals surface area contributed by atoms with E-state index in [2.05, 4.69) is 40.4 Å². The fourth-order valence-electron chi connectivity index (χ4n) is 2.84. The second kappa shape index (κ2) is 10.9. The molecule has 1 aliphatic heterocycles. The van der Waals surface area contributed by atoms with Gasteiger partial charge in [0.05, 0.1) is 26.9 Å². The van der Waals surface area contributed by atoms with Crippen molar-refractivity contribution >= 4 is 5.96 Å². The predicted octanol–water partition coefficient (Wildman–Crippen LogP) is 1.72. The van der Waals surface area contributed by atoms with Crippen molar-refractivity contribution in [2.24, 2.45) is 10.9 Å². The Hall–Kier alpha value is -1.79. The lowest BCUT2D eigenvalue weighted by molar-refractivity contribution is 0.0320. The summed E-state index contributed by atoms with van der Waals surface area (Å²) in [6.45, 7) is 11.6. The normalized spacial score (nSPS) is 17.2. The fourth-order valence-corrected chi connectivity index (χ4v) is 2.84. The van der Waals surface area contributed by atoms with E-state index in [0.29, 0.717) is 12.5 Å². The molecular formula is C19H32N4O2. The zero-order valence-corrected chi connectivity index (χ0v) is 15.8. The molecule has 140 valence electrons. The SMILES string of the molecule is CCNC(=NCc1cccc(OC)c1)NCC(C)CN1CCOCC1. The number of hydrogen-bond donors (Lipinski definition) is 2. The highest BCUT2D eigenvalue weighted by atomic mass is 16.5. The van der Waals surface area contributed by atoms with Crippen LogP contribution in [0.1, 0.15) is 19.4 Å². The van der Waals surface area contributed by atoms with E-state index < -0.39 is 0 Å². The summed E-state index contributed by atoms with van der Waals surface area (Å²) in [7, 11) is 1.68. The van der Waals surface area contributed by atoms with E-state index in [9.17, 15) is 0 Å². The number of morpholine rings is 1. The molecule has 1 aliphatic rings. The standard InChI is InChI=1S/C19H32N4O2/c1-4-20-19(22-14-17-6-5-7-18(12-17)24-3)21-13-16(2)15-23-8-10-25-11-9-23/h5-7,12,16H,4,8-11,13-15H2,1-3H3,(H2,20,21,22). The Labute approximate surface area is 151 Å². The van der Waals surface area contributed by atoms with Crippen molar-refractivity contribution in [1.82, 2.24) is 15.5 Å². The van der Waals surface area contributed by atoms with Crippen LogP contribution in [-0.2, 0) is 11.3 Å². The van der Waals surface area contributed by atoms with Crippen LogP contribution in [0.4, 0.5) is 0 Å². The largest absolute Gasteiger partial charge is 0.497 e. The minimum absolute atomic E-state index is 0.554. The van der Waals surface area contributed by atoms with Gasteiger partial charge in [-0.25, -0.2) is 4.99 Å². The molecule has 1 fully saturated rings. The maximum atomic E-state index is 5.41. The van der Waals surface area contributed by atoms with E-state index in [4.69, 9.17) is 9.47 Å². The number of methoxy groups -OCH3 is 1. The molecular weight excluding hydrogens is 316 g/mol. The molecule has 1 aromatic rings. The first kappa shape index (κ1) is 19.5. The van der Waals surface area contributed by atoms with Crippen molar-refractivity contribution in [3.8, 4) is 5.75 Å². The molecule has 6 heteroatoms. The molecule has 0 radical (unpaired) electrons. The van der Waals surface area contributed by atoms with Crippen LogP contribution in [0.5, 0.6) is 5.75 Å². The summed E-state index contributed by atoms with van der Waals surface area (Å²) < 4.78 is 10.7. The Kier molecular flexibility index (Phi) is 8.55. The lowest BCUT2D eigenvalue weighted by Gasteiger charge is -2.29. The van der Waals surface area contributed by atoms with Crippen LogP contribution < -0.4 is 15.4 Å². The highest BCUT2D eigenvalue weighted by molar-refractivity contribution is 5.79. The Morgan fingerprint density at radius 1 is 1.32 bits per heavy atom. The molecule has 0 spiro atoms. The molecule has 0 aliphatic carbocycles. The summed E-state index contributed by atoms with van der Waals surface area (Å²) in [5.74, 6) is 2.28. The summed E-state index contributed by atoms with van der Waals surface area (Å²) in [6.07, 6.45) is 0. The molecule has 0 saturated carbocycles. The lowest BCUT2D eigenvalue weighted by atomic mass is 10.1. The summed E-state index contributed by atoms with van der Waals surface area (Å²) in [4.78, 5) is 7.15. The molecule has 0 amide bonds. The van der Waals surface area contributed by atoms with Crippen LogP contribution in [-0.4, -0.2) is 63.9 Å². The zero-order chi connectivity index (χ0) is 17.9. The van der Waals surface area contributed by atoms with Gasteiger partial charge in [-0.3, -0.25) is 4.90 Å². The van der Waals surface area contributed by atoms with Crippen molar-refractivity contribution in [2.75, 3.05) is 53.0 Å². The molecule has 6 nitrogen and oxygen atoms in total. The zero-order valence-electron chi connectivity index (χ0n) is 15.8. The van der Waals surface area contributed by atoms with Crippen LogP contribution in [0.3, 0.4) is 0 Å². The van der Waals surface area contributed by atoms with Gasteiger partial charge >= 0.3 is 0 Å². The van der Waals surface area contributed by atoms with Gasteiger partial charge < -0.3 is 20.1 Å². The molecule has 0 aromatic heterocycles. The summed E-state index contributed by atoms with van der Waals surface area (Å²) >= 11 is 0. The Morgan fingerprint density at radius 2 is 2.12 bits per heavy atom. The predicted molar refractivity (Wildman–Crippen MR) is 102 cm³/mol. The highest BCUT2D eigenvalue weighted by Crippen LogP contribution is 2.13. The third-order valence-corrected chi connectivity index (χ3v) is 4.19. The number of aliphatic imine (C=N–C) groups is 1. The second-order valence-corrected chi connectivity index (χ2v) is 6.45. The van der Waals surface area contributed by atoms with Gasteiger partial charge in [-0.2, -0.15) is 0 Å². The van der Waals surface area contributed by atoms with Crippen LogP contribution >= 0.6 is 0 Å². The average molecular weight is 348 g/mol. The summed E-state index contributed by atoms with van der Waals surface area (Å²) in [5, 5.41) is 6.77. The van der Waals surface area contributed by atoms with E-state index in [-0.39, 0.29) is 0 Å². The fraction of sp³-hybridized carbons (Fsp3) is 0.632. The van der Waals surface area contributed by atoms with Crippen LogP contribution in [0.25, 0.3) is 0 Å². The van der Waals surface area contributed by atoms with Crippen molar-refractivity contribution in [2.45, 2.75) is 20.4 Å². The quantitative estimate of drug-likeness (QED) is 0.553. The van der Waals surface area contributed by atoms with Gasteiger partial charge in [-0.15, -0.1) is 0 Å². The third kappa shape index (κ3) is 7.32. The topological polar surface area (TPSA) is 58.1 Å². The van der Waals surface area contributed by atoms with Crippen molar-refractivity contribution < 1.29 is 9.47 Å². The molecule has 1 heterocycles. The third-order valence-electron chi connectivity index (χ3n) is 4.19. The number of benzene rings is 1. The Morgan fingerprint density at radius 3 is 2.84 bits per heavy atom. The maximum Gasteiger partial charge on any atom is 0.191 e. The Balaban J connectivity index is 1.81. The maximum absolute atomic E-state index is 5.41. The molecule has 1 aromatic carbocycles. The van der Waals surface area contributed by atoms with Gasteiger partial charge in [-0.05, 0) is 30.5 Å². The van der Waals surface area contributed by atoms with E-state index in [0.717, 1.165) is 63.2 Å². The first-order chi connectivity index (χ1) is 12.2. The van der Waals surface area contributed by atoms with Gasteiger partial charge in [0.2, 0.25) is 0 Å². The number of ether oxygens (including phenoxy) is 2. The van der Waals surface area contributed by atoms with Crippen LogP contribution in [0.15, 0.2) is 29.3 Å². The van der Waals surface area contributed by atoms with E-state index in [1.807, 2.05) is 18.2 Å². The van der Waals surface area contributed by atoms with Gasteiger partial charge in [0.15, 0.2) is 5.96 Å². The number of nitrogens with one attached hydrogen (secondary N) is 2. The van der Waals surface area contributed by atoms with E-state index in [1.165, 1.54) is 0 Å². The van der Waals surface area contributed by atoms with Gasteiger partial charge in [-0.1, -0.05) is 19.1 Å². The molecule has 1 saturated heterocycles.